The first-order valence-electron chi connectivity index (χ1n) is 11.8. The summed E-state index contributed by atoms with van der Waals surface area (Å²) in [5.41, 5.74) is 3.88. The molecule has 0 amide bonds. The minimum absolute atomic E-state index is 0.121. The number of benzene rings is 2. The molecule has 1 aliphatic rings. The summed E-state index contributed by atoms with van der Waals surface area (Å²) in [5.74, 6) is 1.26. The molecule has 1 fully saturated rings. The first-order valence-corrected chi connectivity index (χ1v) is 11.8. The molecule has 176 valence electrons. The summed E-state index contributed by atoms with van der Waals surface area (Å²) in [6.07, 6.45) is 3.46. The van der Waals surface area contributed by atoms with Gasteiger partial charge in [-0.25, -0.2) is 9.78 Å². The lowest BCUT2D eigenvalue weighted by Gasteiger charge is -2.40. The SMILES string of the molecule is Cc1c(C(=O)O)ccc2c1nc(Nc1ccc(OC(C)C)cc1)n2[C@H]1C[C@@H](C)CC(C)(C)C1. The van der Waals surface area contributed by atoms with Gasteiger partial charge in [-0.2, -0.15) is 0 Å². The lowest BCUT2D eigenvalue weighted by Crippen LogP contribution is -2.29. The number of hydrogen-bond acceptors (Lipinski definition) is 4. The molecular formula is C27H35N3O3. The van der Waals surface area contributed by atoms with Crippen LogP contribution < -0.4 is 10.1 Å². The van der Waals surface area contributed by atoms with Crippen molar-refractivity contribution in [2.45, 2.75) is 73.0 Å². The number of carbonyl (C=O) groups is 1. The first-order chi connectivity index (χ1) is 15.5. The Kier molecular flexibility index (Phi) is 6.12. The van der Waals surface area contributed by atoms with E-state index in [0.717, 1.165) is 41.3 Å². The zero-order valence-corrected chi connectivity index (χ0v) is 20.5. The van der Waals surface area contributed by atoms with Crippen LogP contribution in [0.15, 0.2) is 36.4 Å². The summed E-state index contributed by atoms with van der Waals surface area (Å²) in [6.45, 7) is 12.9. The van der Waals surface area contributed by atoms with Crippen molar-refractivity contribution in [1.29, 1.82) is 0 Å². The highest BCUT2D eigenvalue weighted by molar-refractivity contribution is 5.96. The lowest BCUT2D eigenvalue weighted by atomic mass is 9.70. The third-order valence-corrected chi connectivity index (χ3v) is 6.56. The Hall–Kier alpha value is -3.02. The fraction of sp³-hybridized carbons (Fsp3) is 0.481. The van der Waals surface area contributed by atoms with Gasteiger partial charge in [0.25, 0.3) is 0 Å². The molecule has 0 saturated heterocycles. The van der Waals surface area contributed by atoms with Crippen molar-refractivity contribution >= 4 is 28.6 Å². The number of fused-ring (bicyclic) bond motifs is 1. The Morgan fingerprint density at radius 2 is 1.88 bits per heavy atom. The van der Waals surface area contributed by atoms with Crippen molar-refractivity contribution in [3.05, 3.63) is 47.5 Å². The van der Waals surface area contributed by atoms with Crippen molar-refractivity contribution in [3.63, 3.8) is 0 Å². The summed E-state index contributed by atoms with van der Waals surface area (Å²) in [6, 6.07) is 11.8. The number of ether oxygens (including phenoxy) is 1. The third kappa shape index (κ3) is 4.85. The van der Waals surface area contributed by atoms with Gasteiger partial charge in [-0.3, -0.25) is 0 Å². The Morgan fingerprint density at radius 3 is 2.48 bits per heavy atom. The number of aromatic carboxylic acids is 1. The van der Waals surface area contributed by atoms with Crippen LogP contribution in [0.5, 0.6) is 5.75 Å². The second kappa shape index (κ2) is 8.73. The molecule has 0 unspecified atom stereocenters. The lowest BCUT2D eigenvalue weighted by molar-refractivity contribution is 0.0696. The van der Waals surface area contributed by atoms with Crippen LogP contribution >= 0.6 is 0 Å². The van der Waals surface area contributed by atoms with E-state index < -0.39 is 5.97 Å². The molecule has 0 radical (unpaired) electrons. The number of aryl methyl sites for hydroxylation is 1. The number of hydrogen-bond donors (Lipinski definition) is 2. The van der Waals surface area contributed by atoms with Gasteiger partial charge in [0.2, 0.25) is 5.95 Å². The minimum Gasteiger partial charge on any atom is -0.491 e. The topological polar surface area (TPSA) is 76.4 Å². The molecule has 2 atom stereocenters. The summed E-state index contributed by atoms with van der Waals surface area (Å²) in [7, 11) is 0. The number of carboxylic acid groups (broad SMARTS) is 1. The molecule has 3 aromatic rings. The minimum atomic E-state index is -0.924. The number of rotatable bonds is 6. The average molecular weight is 450 g/mol. The van der Waals surface area contributed by atoms with E-state index in [9.17, 15) is 9.90 Å². The van der Waals surface area contributed by atoms with E-state index in [1.807, 2.05) is 51.1 Å². The van der Waals surface area contributed by atoms with E-state index in [-0.39, 0.29) is 17.6 Å². The maximum Gasteiger partial charge on any atom is 0.336 e. The van der Waals surface area contributed by atoms with E-state index in [0.29, 0.717) is 17.0 Å². The molecule has 1 aliphatic carbocycles. The fourth-order valence-corrected chi connectivity index (χ4v) is 5.50. The number of nitrogens with zero attached hydrogens (tertiary/aromatic N) is 2. The van der Waals surface area contributed by atoms with Gasteiger partial charge in [0.1, 0.15) is 5.75 Å². The van der Waals surface area contributed by atoms with Gasteiger partial charge in [0.05, 0.1) is 22.7 Å². The van der Waals surface area contributed by atoms with Gasteiger partial charge in [0, 0.05) is 11.7 Å². The molecule has 2 N–H and O–H groups in total. The maximum absolute atomic E-state index is 11.7. The van der Waals surface area contributed by atoms with Crippen LogP contribution in [-0.2, 0) is 0 Å². The summed E-state index contributed by atoms with van der Waals surface area (Å²) in [4.78, 5) is 16.7. The predicted molar refractivity (Wildman–Crippen MR) is 133 cm³/mol. The van der Waals surface area contributed by atoms with Crippen LogP contribution in [0.3, 0.4) is 0 Å². The second-order valence-corrected chi connectivity index (χ2v) is 10.6. The van der Waals surface area contributed by atoms with E-state index in [1.165, 1.54) is 6.42 Å². The van der Waals surface area contributed by atoms with Crippen molar-refractivity contribution in [3.8, 4) is 5.75 Å². The number of anilines is 2. The first kappa shape index (κ1) is 23.1. The molecule has 0 aliphatic heterocycles. The van der Waals surface area contributed by atoms with Crippen LogP contribution in [0.25, 0.3) is 11.0 Å². The van der Waals surface area contributed by atoms with Crippen molar-refractivity contribution < 1.29 is 14.6 Å². The third-order valence-electron chi connectivity index (χ3n) is 6.56. The highest BCUT2D eigenvalue weighted by atomic mass is 16.5. The maximum atomic E-state index is 11.7. The fourth-order valence-electron chi connectivity index (χ4n) is 5.50. The van der Waals surface area contributed by atoms with E-state index in [2.05, 4.69) is 30.7 Å². The molecule has 0 spiro atoms. The summed E-state index contributed by atoms with van der Waals surface area (Å²) in [5, 5.41) is 13.1. The monoisotopic (exact) mass is 449 g/mol. The zero-order chi connectivity index (χ0) is 23.9. The quantitative estimate of drug-likeness (QED) is 0.425. The van der Waals surface area contributed by atoms with Gasteiger partial charge < -0.3 is 19.7 Å². The van der Waals surface area contributed by atoms with Gasteiger partial charge in [-0.1, -0.05) is 20.8 Å². The highest BCUT2D eigenvalue weighted by Gasteiger charge is 2.35. The van der Waals surface area contributed by atoms with Crippen LogP contribution in [0.2, 0.25) is 0 Å². The van der Waals surface area contributed by atoms with E-state index in [1.54, 1.807) is 6.07 Å². The zero-order valence-electron chi connectivity index (χ0n) is 20.5. The Bertz CT molecular complexity index is 1160. The molecule has 6 nitrogen and oxygen atoms in total. The Morgan fingerprint density at radius 1 is 1.18 bits per heavy atom. The molecule has 1 saturated carbocycles. The Labute approximate surface area is 196 Å². The molecule has 4 rings (SSSR count). The van der Waals surface area contributed by atoms with E-state index in [4.69, 9.17) is 9.72 Å². The van der Waals surface area contributed by atoms with Crippen LogP contribution in [-0.4, -0.2) is 26.7 Å². The normalized spacial score (nSPS) is 20.2. The molecule has 6 heteroatoms. The van der Waals surface area contributed by atoms with Crippen molar-refractivity contribution in [2.24, 2.45) is 11.3 Å². The van der Waals surface area contributed by atoms with Gasteiger partial charge in [-0.05, 0) is 93.3 Å². The smallest absolute Gasteiger partial charge is 0.336 e. The van der Waals surface area contributed by atoms with Gasteiger partial charge in [0.15, 0.2) is 0 Å². The molecule has 1 aromatic heterocycles. The van der Waals surface area contributed by atoms with Crippen LogP contribution in [0.1, 0.15) is 75.8 Å². The van der Waals surface area contributed by atoms with Crippen molar-refractivity contribution in [1.82, 2.24) is 9.55 Å². The number of aromatic nitrogens is 2. The number of imidazole rings is 1. The van der Waals surface area contributed by atoms with Crippen LogP contribution in [0.4, 0.5) is 11.6 Å². The van der Waals surface area contributed by atoms with Crippen molar-refractivity contribution in [2.75, 3.05) is 5.32 Å². The molecule has 0 bridgehead atoms. The summed E-state index contributed by atoms with van der Waals surface area (Å²) >= 11 is 0. The largest absolute Gasteiger partial charge is 0.491 e. The highest BCUT2D eigenvalue weighted by Crippen LogP contribution is 2.46. The predicted octanol–water partition coefficient (Wildman–Crippen LogP) is 6.96. The Balaban J connectivity index is 1.79. The van der Waals surface area contributed by atoms with Crippen LogP contribution in [0, 0.1) is 18.3 Å². The molecular weight excluding hydrogens is 414 g/mol. The van der Waals surface area contributed by atoms with Gasteiger partial charge >= 0.3 is 5.97 Å². The molecule has 2 aromatic carbocycles. The number of carboxylic acids is 1. The molecule has 1 heterocycles. The average Bonchev–Trinajstić information content (AvgIpc) is 3.06. The van der Waals surface area contributed by atoms with E-state index >= 15 is 0 Å². The standard InChI is InChI=1S/C27H35N3O3/c1-16(2)33-21-9-7-19(8-10-21)28-26-29-24-18(4)22(25(31)32)11-12-23(24)30(26)20-13-17(3)14-27(5,6)15-20/h7-12,16-17,20H,13-15H2,1-6H3,(H,28,29)(H,31,32)/t17-,20+/m1/s1. The number of nitrogens with one attached hydrogen (secondary N) is 1. The molecule has 33 heavy (non-hydrogen) atoms. The second-order valence-electron chi connectivity index (χ2n) is 10.6. The van der Waals surface area contributed by atoms with Gasteiger partial charge in [-0.15, -0.1) is 0 Å². The summed E-state index contributed by atoms with van der Waals surface area (Å²) < 4.78 is 8.06.